The Morgan fingerprint density at radius 3 is 2.56 bits per heavy atom. The van der Waals surface area contributed by atoms with E-state index in [1.165, 1.54) is 6.07 Å². The summed E-state index contributed by atoms with van der Waals surface area (Å²) < 4.78 is 13.4. The van der Waals surface area contributed by atoms with Crippen LogP contribution in [0.15, 0.2) is 70.5 Å². The quantitative estimate of drug-likeness (QED) is 0.478. The monoisotopic (exact) mass is 393 g/mol. The van der Waals surface area contributed by atoms with Gasteiger partial charge >= 0.3 is 0 Å². The summed E-state index contributed by atoms with van der Waals surface area (Å²) >= 11 is 13.6. The van der Waals surface area contributed by atoms with Crippen molar-refractivity contribution in [2.45, 2.75) is 16.3 Å². The van der Waals surface area contributed by atoms with E-state index in [0.717, 1.165) is 15.4 Å². The third-order valence-electron chi connectivity index (χ3n) is 3.55. The molecule has 3 aromatic rings. The van der Waals surface area contributed by atoms with Gasteiger partial charge in [-0.05, 0) is 42.0 Å². The normalized spacial score (nSPS) is 10.7. The van der Waals surface area contributed by atoms with Crippen LogP contribution < -0.4 is 5.32 Å². The summed E-state index contributed by atoms with van der Waals surface area (Å²) in [5, 5.41) is 13.9. The molecule has 3 rings (SSSR count). The molecule has 0 saturated heterocycles. The Labute approximate surface area is 159 Å². The summed E-state index contributed by atoms with van der Waals surface area (Å²) in [6.45, 7) is 0.446. The minimum atomic E-state index is -0.650. The van der Waals surface area contributed by atoms with Gasteiger partial charge in [-0.25, -0.2) is 4.39 Å². The topological polar surface area (TPSA) is 32.3 Å². The molecule has 0 aliphatic carbocycles. The van der Waals surface area contributed by atoms with Gasteiger partial charge in [0.05, 0.1) is 15.7 Å². The predicted octanol–water partition coefficient (Wildman–Crippen LogP) is 6.60. The maximum atomic E-state index is 13.4. The minimum absolute atomic E-state index is 0.356. The highest BCUT2D eigenvalue weighted by Crippen LogP contribution is 2.35. The Morgan fingerprint density at radius 1 is 0.960 bits per heavy atom. The lowest BCUT2D eigenvalue weighted by atomic mass is 10.2. The van der Waals surface area contributed by atoms with Crippen LogP contribution in [-0.4, -0.2) is 5.11 Å². The molecular formula is C19H14Cl2FNOS. The second-order valence-corrected chi connectivity index (χ2v) is 7.21. The molecule has 0 fully saturated rings. The number of halogens is 3. The molecule has 0 unspecified atom stereocenters. The number of hydrogen-bond donors (Lipinski definition) is 2. The zero-order chi connectivity index (χ0) is 17.8. The molecule has 2 N–H and O–H groups in total. The molecule has 0 atom stereocenters. The molecule has 2 nitrogen and oxygen atoms in total. The van der Waals surface area contributed by atoms with Gasteiger partial charge in [0.2, 0.25) is 0 Å². The smallest absolute Gasteiger partial charge is 0.174 e. The van der Waals surface area contributed by atoms with E-state index in [1.807, 2.05) is 36.4 Å². The van der Waals surface area contributed by atoms with Gasteiger partial charge in [-0.15, -0.1) is 0 Å². The molecule has 0 aromatic heterocycles. The number of nitrogens with one attached hydrogen (secondary N) is 1. The largest absolute Gasteiger partial charge is 0.503 e. The van der Waals surface area contributed by atoms with Crippen LogP contribution in [0.4, 0.5) is 10.1 Å². The molecule has 3 aromatic carbocycles. The molecule has 128 valence electrons. The number of phenols is 1. The molecule has 0 amide bonds. The van der Waals surface area contributed by atoms with E-state index in [4.69, 9.17) is 23.2 Å². The highest BCUT2D eigenvalue weighted by atomic mass is 35.5. The second-order valence-electron chi connectivity index (χ2n) is 5.28. The van der Waals surface area contributed by atoms with Crippen molar-refractivity contribution in [1.29, 1.82) is 0 Å². The lowest BCUT2D eigenvalue weighted by molar-refractivity contribution is 0.434. The fourth-order valence-electron chi connectivity index (χ4n) is 2.27. The van der Waals surface area contributed by atoms with Gasteiger partial charge in [0.15, 0.2) is 11.6 Å². The van der Waals surface area contributed by atoms with E-state index in [2.05, 4.69) is 5.32 Å². The number of anilines is 1. The lowest BCUT2D eigenvalue weighted by Crippen LogP contribution is -2.01. The molecule has 0 aliphatic rings. The van der Waals surface area contributed by atoms with Gasteiger partial charge in [0.1, 0.15) is 0 Å². The van der Waals surface area contributed by atoms with Gasteiger partial charge in [0, 0.05) is 16.3 Å². The second kappa shape index (κ2) is 8.00. The maximum absolute atomic E-state index is 13.4. The standard InChI is InChI=1S/C19H14Cl2FNOS/c20-14-9-8-13(10-15(14)21)25-18-7-2-1-4-12(18)11-23-17-6-3-5-16(22)19(17)24/h1-10,23-24H,11H2. The Hall–Kier alpha value is -1.88. The van der Waals surface area contributed by atoms with E-state index in [9.17, 15) is 9.50 Å². The summed E-state index contributed by atoms with van der Waals surface area (Å²) in [4.78, 5) is 2.00. The molecule has 0 bridgehead atoms. The van der Waals surface area contributed by atoms with Crippen LogP contribution in [-0.2, 0) is 6.54 Å². The third-order valence-corrected chi connectivity index (χ3v) is 5.39. The van der Waals surface area contributed by atoms with Crippen LogP contribution in [0.25, 0.3) is 0 Å². The Balaban J connectivity index is 1.78. The van der Waals surface area contributed by atoms with Crippen LogP contribution in [0, 0.1) is 5.82 Å². The first kappa shape index (κ1) is 17.9. The predicted molar refractivity (Wildman–Crippen MR) is 102 cm³/mol. The van der Waals surface area contributed by atoms with Crippen molar-refractivity contribution in [2.75, 3.05) is 5.32 Å². The van der Waals surface area contributed by atoms with Gasteiger partial charge in [-0.1, -0.05) is 59.2 Å². The average Bonchev–Trinajstić information content (AvgIpc) is 2.61. The van der Waals surface area contributed by atoms with Crippen LogP contribution in [0.3, 0.4) is 0 Å². The first-order valence-corrected chi connectivity index (χ1v) is 9.04. The summed E-state index contributed by atoms with van der Waals surface area (Å²) in [7, 11) is 0. The van der Waals surface area contributed by atoms with Gasteiger partial charge in [-0.2, -0.15) is 0 Å². The van der Waals surface area contributed by atoms with Crippen molar-refractivity contribution in [1.82, 2.24) is 0 Å². The first-order valence-electron chi connectivity index (χ1n) is 7.47. The van der Waals surface area contributed by atoms with E-state index < -0.39 is 5.82 Å². The van der Waals surface area contributed by atoms with Crippen LogP contribution in [0.1, 0.15) is 5.56 Å². The zero-order valence-electron chi connectivity index (χ0n) is 13.0. The number of phenolic OH excluding ortho intramolecular Hbond substituents is 1. The minimum Gasteiger partial charge on any atom is -0.503 e. The van der Waals surface area contributed by atoms with E-state index >= 15 is 0 Å². The molecular weight excluding hydrogens is 380 g/mol. The van der Waals surface area contributed by atoms with Gasteiger partial charge in [0.25, 0.3) is 0 Å². The summed E-state index contributed by atoms with van der Waals surface area (Å²) in [6, 6.07) is 17.7. The average molecular weight is 394 g/mol. The van der Waals surface area contributed by atoms with Crippen molar-refractivity contribution in [2.24, 2.45) is 0 Å². The third kappa shape index (κ3) is 4.40. The molecule has 0 aliphatic heterocycles. The summed E-state index contributed by atoms with van der Waals surface area (Å²) in [6.07, 6.45) is 0. The van der Waals surface area contributed by atoms with Crippen molar-refractivity contribution in [3.8, 4) is 5.75 Å². The van der Waals surface area contributed by atoms with Crippen molar-refractivity contribution in [3.05, 3.63) is 82.1 Å². The molecule has 0 heterocycles. The number of benzene rings is 3. The van der Waals surface area contributed by atoms with Crippen molar-refractivity contribution >= 4 is 40.7 Å². The highest BCUT2D eigenvalue weighted by molar-refractivity contribution is 7.99. The van der Waals surface area contributed by atoms with Gasteiger partial charge in [-0.3, -0.25) is 0 Å². The van der Waals surface area contributed by atoms with Crippen molar-refractivity contribution < 1.29 is 9.50 Å². The Bertz CT molecular complexity index is 904. The molecule has 0 spiro atoms. The first-order chi connectivity index (χ1) is 12.0. The number of rotatable bonds is 5. The SMILES string of the molecule is Oc1c(F)cccc1NCc1ccccc1Sc1ccc(Cl)c(Cl)c1. The van der Waals surface area contributed by atoms with E-state index in [1.54, 1.807) is 30.0 Å². The fourth-order valence-corrected chi connectivity index (χ4v) is 3.61. The Kier molecular flexibility index (Phi) is 5.74. The highest BCUT2D eigenvalue weighted by Gasteiger charge is 2.09. The van der Waals surface area contributed by atoms with Crippen LogP contribution >= 0.6 is 35.0 Å². The molecule has 6 heteroatoms. The number of aromatic hydroxyl groups is 1. The van der Waals surface area contributed by atoms with Crippen molar-refractivity contribution in [3.63, 3.8) is 0 Å². The molecule has 0 radical (unpaired) electrons. The molecule has 0 saturated carbocycles. The maximum Gasteiger partial charge on any atom is 0.174 e. The number of hydrogen-bond acceptors (Lipinski definition) is 3. The summed E-state index contributed by atoms with van der Waals surface area (Å²) in [5.74, 6) is -1.03. The Morgan fingerprint density at radius 2 is 1.76 bits per heavy atom. The fraction of sp³-hybridized carbons (Fsp3) is 0.0526. The molecule has 25 heavy (non-hydrogen) atoms. The van der Waals surface area contributed by atoms with E-state index in [-0.39, 0.29) is 5.75 Å². The van der Waals surface area contributed by atoms with Gasteiger partial charge < -0.3 is 10.4 Å². The van der Waals surface area contributed by atoms with E-state index in [0.29, 0.717) is 22.3 Å². The summed E-state index contributed by atoms with van der Waals surface area (Å²) in [5.41, 5.74) is 1.37. The lowest BCUT2D eigenvalue weighted by Gasteiger charge is -2.12. The zero-order valence-corrected chi connectivity index (χ0v) is 15.3. The number of para-hydroxylation sites is 1. The van der Waals surface area contributed by atoms with Crippen LogP contribution in [0.5, 0.6) is 5.75 Å². The van der Waals surface area contributed by atoms with Crippen LogP contribution in [0.2, 0.25) is 10.0 Å².